The Labute approximate surface area is 256 Å². The van der Waals surface area contributed by atoms with Gasteiger partial charge in [0.05, 0.1) is 11.0 Å². The number of nitrogens with zero attached hydrogens (tertiary/aromatic N) is 2. The van der Waals surface area contributed by atoms with Crippen molar-refractivity contribution in [3.63, 3.8) is 0 Å². The van der Waals surface area contributed by atoms with Crippen molar-refractivity contribution < 1.29 is 0 Å². The van der Waals surface area contributed by atoms with Gasteiger partial charge in [0.15, 0.2) is 0 Å². The van der Waals surface area contributed by atoms with E-state index < -0.39 is 0 Å². The summed E-state index contributed by atoms with van der Waals surface area (Å²) in [6.45, 7) is 4.28. The maximum atomic E-state index is 5.00. The summed E-state index contributed by atoms with van der Waals surface area (Å²) in [7, 11) is 0. The number of fused-ring (bicyclic) bond motifs is 4. The highest BCUT2D eigenvalue weighted by atomic mass is 15.0. The van der Waals surface area contributed by atoms with E-state index in [4.69, 9.17) is 9.97 Å². The van der Waals surface area contributed by atoms with Gasteiger partial charge in [0, 0.05) is 33.3 Å². The molecule has 8 aromatic rings. The van der Waals surface area contributed by atoms with E-state index in [1.54, 1.807) is 0 Å². The van der Waals surface area contributed by atoms with Crippen molar-refractivity contribution in [2.75, 3.05) is 10.6 Å². The first-order valence-corrected chi connectivity index (χ1v) is 14.9. The van der Waals surface area contributed by atoms with Gasteiger partial charge in [-0.3, -0.25) is 0 Å². The normalized spacial score (nSPS) is 11.4. The van der Waals surface area contributed by atoms with E-state index in [0.717, 1.165) is 66.7 Å². The lowest BCUT2D eigenvalue weighted by Crippen LogP contribution is -2.02. The maximum Gasteiger partial charge on any atom is 0.131 e. The molecule has 8 rings (SSSR count). The van der Waals surface area contributed by atoms with Gasteiger partial charge < -0.3 is 10.6 Å². The van der Waals surface area contributed by atoms with Gasteiger partial charge >= 0.3 is 0 Å². The van der Waals surface area contributed by atoms with Gasteiger partial charge in [-0.1, -0.05) is 97.1 Å². The number of pyridine rings is 2. The summed E-state index contributed by atoms with van der Waals surface area (Å²) in [6, 6.07) is 46.7. The van der Waals surface area contributed by atoms with Crippen LogP contribution >= 0.6 is 0 Å². The minimum Gasteiger partial charge on any atom is -0.340 e. The van der Waals surface area contributed by atoms with Crippen molar-refractivity contribution in [2.45, 2.75) is 13.8 Å². The zero-order valence-electron chi connectivity index (χ0n) is 24.6. The summed E-state index contributed by atoms with van der Waals surface area (Å²) in [5.41, 5.74) is 8.54. The smallest absolute Gasteiger partial charge is 0.131 e. The zero-order chi connectivity index (χ0) is 29.6. The lowest BCUT2D eigenvalue weighted by molar-refractivity contribution is 1.34. The van der Waals surface area contributed by atoms with Gasteiger partial charge in [-0.05, 0) is 82.9 Å². The van der Waals surface area contributed by atoms with Crippen molar-refractivity contribution in [3.05, 3.63) is 145 Å². The largest absolute Gasteiger partial charge is 0.340 e. The maximum absolute atomic E-state index is 5.00. The first-order chi connectivity index (χ1) is 21.6. The van der Waals surface area contributed by atoms with Crippen LogP contribution in [-0.2, 0) is 0 Å². The molecule has 2 N–H and O–H groups in total. The summed E-state index contributed by atoms with van der Waals surface area (Å²) in [5, 5.41) is 14.5. The number of anilines is 4. The molecule has 0 fully saturated rings. The third-order valence-electron chi connectivity index (χ3n) is 8.48. The molecule has 0 radical (unpaired) electrons. The molecule has 2 heterocycles. The Morgan fingerprint density at radius 2 is 0.795 bits per heavy atom. The Bertz CT molecular complexity index is 2210. The van der Waals surface area contributed by atoms with Crippen LogP contribution in [0.2, 0.25) is 0 Å². The van der Waals surface area contributed by atoms with Crippen LogP contribution in [0.3, 0.4) is 0 Å². The van der Waals surface area contributed by atoms with E-state index in [9.17, 15) is 0 Å². The molecule has 0 amide bonds. The Morgan fingerprint density at radius 3 is 1.25 bits per heavy atom. The van der Waals surface area contributed by atoms with Crippen LogP contribution in [-0.4, -0.2) is 9.97 Å². The zero-order valence-corrected chi connectivity index (χ0v) is 24.6. The third-order valence-corrected chi connectivity index (χ3v) is 8.48. The second kappa shape index (κ2) is 10.5. The van der Waals surface area contributed by atoms with Crippen LogP contribution in [0.25, 0.3) is 54.5 Å². The molecule has 0 spiro atoms. The topological polar surface area (TPSA) is 49.8 Å². The average Bonchev–Trinajstić information content (AvgIpc) is 3.05. The molecule has 0 atom stereocenters. The summed E-state index contributed by atoms with van der Waals surface area (Å²) in [6.07, 6.45) is 0. The van der Waals surface area contributed by atoms with Crippen LogP contribution in [0.4, 0.5) is 23.0 Å². The Kier molecular flexibility index (Phi) is 6.20. The van der Waals surface area contributed by atoms with Crippen molar-refractivity contribution in [2.24, 2.45) is 0 Å². The molecule has 0 aliphatic heterocycles. The molecule has 6 aromatic carbocycles. The Hall–Kier alpha value is -5.74. The number of rotatable bonds is 5. The molecular formula is C40H30N4. The number of hydrogen-bond donors (Lipinski definition) is 2. The predicted octanol–water partition coefficient (Wildman–Crippen LogP) is 10.9. The second-order valence-corrected chi connectivity index (χ2v) is 11.4. The number of nitrogens with one attached hydrogen (secondary N) is 2. The molecule has 4 nitrogen and oxygen atoms in total. The van der Waals surface area contributed by atoms with E-state index in [1.807, 2.05) is 12.1 Å². The molecule has 2 aromatic heterocycles. The van der Waals surface area contributed by atoms with Gasteiger partial charge in [-0.2, -0.15) is 0 Å². The van der Waals surface area contributed by atoms with Crippen molar-refractivity contribution >= 4 is 66.4 Å². The van der Waals surface area contributed by atoms with E-state index in [1.165, 1.54) is 21.9 Å². The lowest BCUT2D eigenvalue weighted by atomic mass is 9.91. The summed E-state index contributed by atoms with van der Waals surface area (Å²) in [4.78, 5) is 10.0. The Balaban J connectivity index is 1.37. The van der Waals surface area contributed by atoms with Gasteiger partial charge in [0.2, 0.25) is 0 Å². The molecule has 0 saturated carbocycles. The minimum absolute atomic E-state index is 0.819. The molecule has 0 aliphatic rings. The quantitative estimate of drug-likeness (QED) is 0.218. The van der Waals surface area contributed by atoms with E-state index in [2.05, 4.69) is 146 Å². The lowest BCUT2D eigenvalue weighted by Gasteiger charge is -2.21. The van der Waals surface area contributed by atoms with Gasteiger partial charge in [-0.25, -0.2) is 9.97 Å². The highest BCUT2D eigenvalue weighted by Gasteiger charge is 2.19. The standard InChI is InChI=1S/C40H30N4/c1-25-23-37(41-33-17-9-7-13-29(25)33)43-35-21-19-27-11-3-5-15-31(27)39(35)40-32-16-6-4-12-28(32)20-22-36(40)44-38-24-26(2)30-14-8-10-18-34(30)42-38/h3-24H,1-2H3,(H,41,43)(H,42,44). The number of benzene rings is 6. The van der Waals surface area contributed by atoms with Crippen molar-refractivity contribution in [1.82, 2.24) is 9.97 Å². The summed E-state index contributed by atoms with van der Waals surface area (Å²) >= 11 is 0. The fourth-order valence-corrected chi connectivity index (χ4v) is 6.39. The number of para-hydroxylation sites is 2. The van der Waals surface area contributed by atoms with E-state index in [-0.39, 0.29) is 0 Å². The molecule has 0 saturated heterocycles. The minimum atomic E-state index is 0.819. The van der Waals surface area contributed by atoms with E-state index >= 15 is 0 Å². The summed E-state index contributed by atoms with van der Waals surface area (Å²) < 4.78 is 0. The SMILES string of the molecule is Cc1cc(Nc2ccc3ccccc3c2-c2c(Nc3cc(C)c4ccccc4n3)ccc3ccccc23)nc2ccccc12. The fraction of sp³-hybridized carbons (Fsp3) is 0.0500. The second-order valence-electron chi connectivity index (χ2n) is 11.4. The van der Waals surface area contributed by atoms with Crippen LogP contribution in [0, 0.1) is 13.8 Å². The molecule has 0 unspecified atom stereocenters. The predicted molar refractivity (Wildman–Crippen MR) is 186 cm³/mol. The fourth-order valence-electron chi connectivity index (χ4n) is 6.39. The molecule has 0 aliphatic carbocycles. The monoisotopic (exact) mass is 566 g/mol. The molecular weight excluding hydrogens is 536 g/mol. The molecule has 4 heteroatoms. The van der Waals surface area contributed by atoms with Gasteiger partial charge in [0.1, 0.15) is 11.6 Å². The van der Waals surface area contributed by atoms with Crippen molar-refractivity contribution in [1.29, 1.82) is 0 Å². The van der Waals surface area contributed by atoms with Crippen molar-refractivity contribution in [3.8, 4) is 11.1 Å². The number of aryl methyl sites for hydroxylation is 2. The van der Waals surface area contributed by atoms with Crippen LogP contribution in [0.15, 0.2) is 133 Å². The highest BCUT2D eigenvalue weighted by Crippen LogP contribution is 2.45. The molecule has 0 bridgehead atoms. The number of aromatic nitrogens is 2. The first-order valence-electron chi connectivity index (χ1n) is 14.9. The van der Waals surface area contributed by atoms with E-state index in [0.29, 0.717) is 0 Å². The molecule has 44 heavy (non-hydrogen) atoms. The van der Waals surface area contributed by atoms with Gasteiger partial charge in [-0.15, -0.1) is 0 Å². The van der Waals surface area contributed by atoms with Crippen LogP contribution in [0.1, 0.15) is 11.1 Å². The number of hydrogen-bond acceptors (Lipinski definition) is 4. The molecule has 210 valence electrons. The third kappa shape index (κ3) is 4.48. The average molecular weight is 567 g/mol. The Morgan fingerprint density at radius 1 is 0.409 bits per heavy atom. The van der Waals surface area contributed by atoms with Gasteiger partial charge in [0.25, 0.3) is 0 Å². The van der Waals surface area contributed by atoms with Crippen LogP contribution < -0.4 is 10.6 Å². The summed E-state index contributed by atoms with van der Waals surface area (Å²) in [5.74, 6) is 1.64. The van der Waals surface area contributed by atoms with Crippen LogP contribution in [0.5, 0.6) is 0 Å². The first kappa shape index (κ1) is 25.9. The highest BCUT2D eigenvalue weighted by molar-refractivity contribution is 6.14.